The highest BCUT2D eigenvalue weighted by atomic mass is 16.5. The quantitative estimate of drug-likeness (QED) is 0.399. The molecule has 1 heterocycles. The lowest BCUT2D eigenvalue weighted by Gasteiger charge is -2.40. The van der Waals surface area contributed by atoms with Crippen LogP contribution >= 0.6 is 0 Å². The van der Waals surface area contributed by atoms with Crippen molar-refractivity contribution in [2.24, 2.45) is 17.2 Å². The second-order valence-electron chi connectivity index (χ2n) is 7.63. The van der Waals surface area contributed by atoms with E-state index in [1.807, 2.05) is 24.0 Å². The summed E-state index contributed by atoms with van der Waals surface area (Å²) in [5.74, 6) is -0.187. The molecule has 8 heteroatoms. The molecular formula is C24H30N4O4. The van der Waals surface area contributed by atoms with Gasteiger partial charge in [-0.25, -0.2) is 4.79 Å². The van der Waals surface area contributed by atoms with E-state index in [-0.39, 0.29) is 29.7 Å². The van der Waals surface area contributed by atoms with Gasteiger partial charge in [-0.1, -0.05) is 31.2 Å². The first kappa shape index (κ1) is 23.0. The van der Waals surface area contributed by atoms with Gasteiger partial charge in [0.2, 0.25) is 0 Å². The van der Waals surface area contributed by atoms with Crippen LogP contribution in [0.5, 0.6) is 5.75 Å². The zero-order chi connectivity index (χ0) is 23.3. The lowest BCUT2D eigenvalue weighted by Crippen LogP contribution is -2.44. The maximum absolute atomic E-state index is 11.7. The minimum absolute atomic E-state index is 0.0527. The van der Waals surface area contributed by atoms with Crippen LogP contribution < -0.4 is 17.2 Å². The molecule has 0 bridgehead atoms. The van der Waals surface area contributed by atoms with Gasteiger partial charge in [-0.3, -0.25) is 0 Å². The van der Waals surface area contributed by atoms with E-state index >= 15 is 0 Å². The number of hydrogen-bond donors (Lipinski definition) is 4. The third-order valence-electron chi connectivity index (χ3n) is 5.47. The minimum Gasteiger partial charge on any atom is -0.507 e. The predicted octanol–water partition coefficient (Wildman–Crippen LogP) is 2.42. The lowest BCUT2D eigenvalue weighted by atomic mass is 10.0. The number of rotatable bonds is 6. The van der Waals surface area contributed by atoms with Gasteiger partial charge in [0.15, 0.2) is 0 Å². The zero-order valence-electron chi connectivity index (χ0n) is 18.3. The number of methoxy groups -OCH3 is 1. The number of ether oxygens (including phenoxy) is 2. The molecule has 3 rings (SSSR count). The maximum Gasteiger partial charge on any atom is 0.337 e. The highest BCUT2D eigenvalue weighted by molar-refractivity contribution is 5.89. The van der Waals surface area contributed by atoms with E-state index in [1.165, 1.54) is 7.11 Å². The number of esters is 1. The van der Waals surface area contributed by atoms with Gasteiger partial charge >= 0.3 is 5.97 Å². The monoisotopic (exact) mass is 438 g/mol. The normalized spacial score (nSPS) is 18.8. The van der Waals surface area contributed by atoms with Gasteiger partial charge in [-0.2, -0.15) is 0 Å². The van der Waals surface area contributed by atoms with Crippen LogP contribution in [-0.4, -0.2) is 42.3 Å². The summed E-state index contributed by atoms with van der Waals surface area (Å²) in [6.45, 7) is 3.13. The molecule has 0 aliphatic carbocycles. The van der Waals surface area contributed by atoms with Crippen molar-refractivity contribution in [3.05, 3.63) is 82.8 Å². The van der Waals surface area contributed by atoms with E-state index in [4.69, 9.17) is 26.7 Å². The number of phenolic OH excluding ortho intramolecular Hbond substituents is 1. The molecule has 1 saturated heterocycles. The summed E-state index contributed by atoms with van der Waals surface area (Å²) in [6.07, 6.45) is 2.17. The third kappa shape index (κ3) is 5.15. The molecule has 1 aliphatic heterocycles. The molecular weight excluding hydrogens is 408 g/mol. The zero-order valence-corrected chi connectivity index (χ0v) is 18.3. The van der Waals surface area contributed by atoms with Crippen molar-refractivity contribution in [3.63, 3.8) is 0 Å². The van der Waals surface area contributed by atoms with Crippen LogP contribution in [-0.2, 0) is 9.47 Å². The topological polar surface area (TPSA) is 137 Å². The Bertz CT molecular complexity index is 1010. The first-order valence-corrected chi connectivity index (χ1v) is 10.4. The number of morpholine rings is 1. The van der Waals surface area contributed by atoms with Gasteiger partial charge in [0, 0.05) is 24.4 Å². The van der Waals surface area contributed by atoms with Crippen LogP contribution in [0.2, 0.25) is 0 Å². The second kappa shape index (κ2) is 10.1. The standard InChI is InChI=1S/C24H30N4O4/c1-3-17-13-28(14-22(32-17)15-8-10-16(11-9-15)24(30)31-2)20(23(26)27)12-19(25)18-6-4-5-7-21(18)29/h4-12,17,22,29H,3,13-14,25-27H2,1-2H3/b19-12-. The van der Waals surface area contributed by atoms with Crippen LogP contribution in [0.4, 0.5) is 0 Å². The van der Waals surface area contributed by atoms with Gasteiger partial charge in [-0.05, 0) is 42.3 Å². The van der Waals surface area contributed by atoms with Crippen LogP contribution in [0, 0.1) is 0 Å². The fraction of sp³-hybridized carbons (Fsp3) is 0.292. The van der Waals surface area contributed by atoms with Crippen LogP contribution in [0.1, 0.15) is 40.9 Å². The SMILES string of the molecule is CCC1CN(C(/C=C(\N)c2ccccc2O)=C(N)N)CC(c2ccc(C(=O)OC)cc2)O1. The van der Waals surface area contributed by atoms with Crippen LogP contribution in [0.25, 0.3) is 5.70 Å². The molecule has 0 amide bonds. The molecule has 0 aromatic heterocycles. The fourth-order valence-corrected chi connectivity index (χ4v) is 3.70. The summed E-state index contributed by atoms with van der Waals surface area (Å²) < 4.78 is 11.0. The van der Waals surface area contributed by atoms with E-state index < -0.39 is 0 Å². The number of phenols is 1. The average Bonchev–Trinajstić information content (AvgIpc) is 2.81. The van der Waals surface area contributed by atoms with E-state index in [1.54, 1.807) is 42.5 Å². The molecule has 0 radical (unpaired) electrons. The molecule has 8 nitrogen and oxygen atoms in total. The Morgan fingerprint density at radius 1 is 1.16 bits per heavy atom. The van der Waals surface area contributed by atoms with Gasteiger partial charge in [0.05, 0.1) is 24.5 Å². The molecule has 0 saturated carbocycles. The number of nitrogens with two attached hydrogens (primary N) is 3. The largest absolute Gasteiger partial charge is 0.507 e. The summed E-state index contributed by atoms with van der Waals surface area (Å²) in [5.41, 5.74) is 21.2. The number of allylic oxidation sites excluding steroid dienone is 1. The summed E-state index contributed by atoms with van der Waals surface area (Å²) in [7, 11) is 1.35. The molecule has 32 heavy (non-hydrogen) atoms. The van der Waals surface area contributed by atoms with Gasteiger partial charge in [0.25, 0.3) is 0 Å². The smallest absolute Gasteiger partial charge is 0.337 e. The Balaban J connectivity index is 1.89. The molecule has 2 aromatic rings. The molecule has 1 fully saturated rings. The third-order valence-corrected chi connectivity index (χ3v) is 5.47. The van der Waals surface area contributed by atoms with Gasteiger partial charge in [0.1, 0.15) is 17.7 Å². The summed E-state index contributed by atoms with van der Waals surface area (Å²) >= 11 is 0. The summed E-state index contributed by atoms with van der Waals surface area (Å²) in [5, 5.41) is 10.1. The number of carbonyl (C=O) groups is 1. The molecule has 2 atom stereocenters. The Labute approximate surface area is 187 Å². The number of benzene rings is 2. The Morgan fingerprint density at radius 2 is 1.84 bits per heavy atom. The highest BCUT2D eigenvalue weighted by Gasteiger charge is 2.29. The molecule has 1 aliphatic rings. The first-order valence-electron chi connectivity index (χ1n) is 10.4. The van der Waals surface area contributed by atoms with Crippen molar-refractivity contribution in [1.29, 1.82) is 0 Å². The van der Waals surface area contributed by atoms with Crippen LogP contribution in [0.3, 0.4) is 0 Å². The lowest BCUT2D eigenvalue weighted by molar-refractivity contribution is -0.0782. The van der Waals surface area contributed by atoms with Crippen molar-refractivity contribution in [3.8, 4) is 5.75 Å². The molecule has 7 N–H and O–H groups in total. The number of nitrogens with zero attached hydrogens (tertiary/aromatic N) is 1. The fourth-order valence-electron chi connectivity index (χ4n) is 3.70. The first-order chi connectivity index (χ1) is 15.3. The van der Waals surface area contributed by atoms with Crippen LogP contribution in [0.15, 0.2) is 66.1 Å². The predicted molar refractivity (Wildman–Crippen MR) is 123 cm³/mol. The Morgan fingerprint density at radius 3 is 2.44 bits per heavy atom. The molecule has 170 valence electrons. The van der Waals surface area contributed by atoms with E-state index in [0.717, 1.165) is 12.0 Å². The van der Waals surface area contributed by atoms with Gasteiger partial charge < -0.3 is 36.7 Å². The number of para-hydroxylation sites is 1. The number of hydrogen-bond acceptors (Lipinski definition) is 8. The summed E-state index contributed by atoms with van der Waals surface area (Å²) in [4.78, 5) is 13.8. The van der Waals surface area contributed by atoms with E-state index in [0.29, 0.717) is 35.6 Å². The highest BCUT2D eigenvalue weighted by Crippen LogP contribution is 2.30. The second-order valence-corrected chi connectivity index (χ2v) is 7.63. The van der Waals surface area contributed by atoms with E-state index in [9.17, 15) is 9.90 Å². The Kier molecular flexibility index (Phi) is 7.27. The van der Waals surface area contributed by atoms with Crippen molar-refractivity contribution < 1.29 is 19.4 Å². The Hall–Kier alpha value is -3.65. The molecule has 2 unspecified atom stereocenters. The van der Waals surface area contributed by atoms with Gasteiger partial charge in [-0.15, -0.1) is 0 Å². The van der Waals surface area contributed by atoms with Crippen molar-refractivity contribution in [2.75, 3.05) is 20.2 Å². The van der Waals surface area contributed by atoms with Crippen molar-refractivity contribution in [2.45, 2.75) is 25.6 Å². The molecule has 0 spiro atoms. The maximum atomic E-state index is 11.7. The van der Waals surface area contributed by atoms with Crippen molar-refractivity contribution >= 4 is 11.7 Å². The average molecular weight is 439 g/mol. The number of carbonyl (C=O) groups excluding carboxylic acids is 1. The summed E-state index contributed by atoms with van der Waals surface area (Å²) in [6, 6.07) is 14.0. The van der Waals surface area contributed by atoms with E-state index in [2.05, 4.69) is 0 Å². The molecule has 2 aromatic carbocycles. The minimum atomic E-state index is -0.389. The van der Waals surface area contributed by atoms with Crippen molar-refractivity contribution in [1.82, 2.24) is 4.90 Å². The number of aromatic hydroxyl groups is 1.